The Morgan fingerprint density at radius 2 is 1.54 bits per heavy atom. The van der Waals surface area contributed by atoms with Crippen molar-refractivity contribution in [3.63, 3.8) is 0 Å². The monoisotopic (exact) mass is 697 g/mol. The predicted octanol–water partition coefficient (Wildman–Crippen LogP) is 7.49. The predicted molar refractivity (Wildman–Crippen MR) is 191 cm³/mol. The van der Waals surface area contributed by atoms with Crippen LogP contribution in [0.5, 0.6) is 0 Å². The van der Waals surface area contributed by atoms with E-state index >= 15 is 0 Å². The molecule has 48 heavy (non-hydrogen) atoms. The first-order chi connectivity index (χ1) is 22.9. The van der Waals surface area contributed by atoms with Crippen LogP contribution in [0.25, 0.3) is 0 Å². The van der Waals surface area contributed by atoms with Gasteiger partial charge < -0.3 is 5.32 Å². The van der Waals surface area contributed by atoms with Gasteiger partial charge in [-0.3, -0.25) is 28.6 Å². The van der Waals surface area contributed by atoms with Gasteiger partial charge in [0.15, 0.2) is 0 Å². The zero-order valence-electron chi connectivity index (χ0n) is 27.1. The molecule has 7 atom stereocenters. The van der Waals surface area contributed by atoms with E-state index < -0.39 is 0 Å². The van der Waals surface area contributed by atoms with Gasteiger partial charge in [-0.15, -0.1) is 11.8 Å². The van der Waals surface area contributed by atoms with Crippen molar-refractivity contribution in [1.29, 1.82) is 0 Å². The molecule has 3 fully saturated rings. The highest BCUT2D eigenvalue weighted by Crippen LogP contribution is 2.69. The summed E-state index contributed by atoms with van der Waals surface area (Å²) in [5, 5.41) is 4.30. The molecule has 3 aromatic carbocycles. The molecule has 2 saturated carbocycles. The van der Waals surface area contributed by atoms with Crippen LogP contribution in [0.15, 0.2) is 82.6 Å². The summed E-state index contributed by atoms with van der Waals surface area (Å²) >= 11 is 8.87. The van der Waals surface area contributed by atoms with Crippen LogP contribution >= 0.6 is 34.7 Å². The summed E-state index contributed by atoms with van der Waals surface area (Å²) in [6.45, 7) is 8.43. The quantitative estimate of drug-likeness (QED) is 0.219. The van der Waals surface area contributed by atoms with E-state index in [-0.39, 0.29) is 75.3 Å². The minimum absolute atomic E-state index is 0.00209. The van der Waals surface area contributed by atoms with Crippen LogP contribution in [0.4, 0.5) is 11.4 Å². The van der Waals surface area contributed by atoms with Crippen LogP contribution in [0.3, 0.4) is 0 Å². The number of aromatic nitrogens is 1. The molecule has 4 aliphatic rings. The summed E-state index contributed by atoms with van der Waals surface area (Å²) in [6, 6.07) is 23.2. The number of imide groups is 1. The SMILES string of the molecule is Cc1ccc(N2C(=O)C3C4CC(C3C2=O)C2C(c3ccc(C(C)(C)C)cc3)c3sc(=O)n(CC(=O)Nc5ccc(Cl)cc5)c3SC42)cc1. The maximum absolute atomic E-state index is 14.1. The molecule has 2 bridgehead atoms. The Labute approximate surface area is 292 Å². The second kappa shape index (κ2) is 11.5. The second-order valence-corrected chi connectivity index (χ2v) is 17.2. The number of nitrogens with zero attached hydrogens (tertiary/aromatic N) is 2. The number of carbonyl (C=O) groups excluding carboxylic acids is 3. The molecule has 2 aliphatic carbocycles. The fourth-order valence-electron chi connectivity index (χ4n) is 8.64. The third-order valence-electron chi connectivity index (χ3n) is 10.8. The molecule has 0 radical (unpaired) electrons. The van der Waals surface area contributed by atoms with Crippen LogP contribution in [0, 0.1) is 36.5 Å². The molecular formula is C38H36ClN3O4S2. The normalized spacial score (nSPS) is 27.2. The highest BCUT2D eigenvalue weighted by molar-refractivity contribution is 8.00. The summed E-state index contributed by atoms with van der Waals surface area (Å²) in [6.07, 6.45) is 0.809. The van der Waals surface area contributed by atoms with Gasteiger partial charge in [0.2, 0.25) is 17.7 Å². The number of halogens is 1. The van der Waals surface area contributed by atoms with Gasteiger partial charge >= 0.3 is 4.87 Å². The lowest BCUT2D eigenvalue weighted by molar-refractivity contribution is -0.123. The highest BCUT2D eigenvalue weighted by atomic mass is 35.5. The first-order valence-corrected chi connectivity index (χ1v) is 18.5. The number of amides is 3. The smallest absolute Gasteiger partial charge is 0.308 e. The zero-order chi connectivity index (χ0) is 33.6. The number of aryl methyl sites for hydroxylation is 1. The Bertz CT molecular complexity index is 2010. The van der Waals surface area contributed by atoms with Gasteiger partial charge in [-0.25, -0.2) is 0 Å². The van der Waals surface area contributed by atoms with Crippen molar-refractivity contribution in [2.24, 2.45) is 29.6 Å². The van der Waals surface area contributed by atoms with Crippen LogP contribution in [-0.4, -0.2) is 27.5 Å². The average Bonchev–Trinajstić information content (AvgIpc) is 3.77. The van der Waals surface area contributed by atoms with Crippen molar-refractivity contribution >= 4 is 63.8 Å². The summed E-state index contributed by atoms with van der Waals surface area (Å²) in [4.78, 5) is 57.3. The third kappa shape index (κ3) is 5.00. The maximum atomic E-state index is 14.1. The topological polar surface area (TPSA) is 88.5 Å². The second-order valence-electron chi connectivity index (χ2n) is 14.7. The van der Waals surface area contributed by atoms with Crippen LogP contribution in [0.2, 0.25) is 5.02 Å². The number of anilines is 2. The molecule has 7 unspecified atom stereocenters. The van der Waals surface area contributed by atoms with Crippen molar-refractivity contribution in [3.05, 3.63) is 109 Å². The largest absolute Gasteiger partial charge is 0.325 e. The molecule has 3 amide bonds. The summed E-state index contributed by atoms with van der Waals surface area (Å²) in [5.74, 6) is -1.27. The molecule has 4 aromatic rings. The van der Waals surface area contributed by atoms with Crippen LogP contribution < -0.4 is 15.1 Å². The number of benzene rings is 3. The molecule has 246 valence electrons. The van der Waals surface area contributed by atoms with E-state index in [9.17, 15) is 19.2 Å². The fraction of sp³-hybridized carbons (Fsp3) is 0.368. The number of rotatable bonds is 5. The molecule has 1 aromatic heterocycles. The van der Waals surface area contributed by atoms with E-state index in [0.29, 0.717) is 16.4 Å². The Kier molecular flexibility index (Phi) is 7.54. The van der Waals surface area contributed by atoms with Gasteiger partial charge in [-0.05, 0) is 84.0 Å². The van der Waals surface area contributed by atoms with Gasteiger partial charge in [-0.1, -0.05) is 85.7 Å². The fourth-order valence-corrected chi connectivity index (χ4v) is 11.9. The van der Waals surface area contributed by atoms with Crippen molar-refractivity contribution in [2.45, 2.75) is 62.3 Å². The number of carbonyl (C=O) groups is 3. The van der Waals surface area contributed by atoms with Gasteiger partial charge in [0.05, 0.1) is 22.5 Å². The van der Waals surface area contributed by atoms with Crippen LogP contribution in [-0.2, 0) is 26.3 Å². The molecular weight excluding hydrogens is 662 g/mol. The van der Waals surface area contributed by atoms with Gasteiger partial charge in [0, 0.05) is 26.8 Å². The molecule has 0 spiro atoms. The standard InChI is InChI=1S/C38H36ClN3O4S2/c1-19-5-15-24(16-6-19)42-34(44)30-25-17-26(31(30)35(42)45)32-29(25)28(20-7-9-21(10-8-20)38(2,3)4)33-36(47-32)41(37(46)48-33)18-27(43)40-23-13-11-22(39)12-14-23/h5-16,25-26,28-32H,17-18H2,1-4H3,(H,40,43). The number of hydrogen-bond acceptors (Lipinski definition) is 6. The molecule has 3 heterocycles. The summed E-state index contributed by atoms with van der Waals surface area (Å²) < 4.78 is 1.60. The molecule has 8 rings (SSSR count). The Morgan fingerprint density at radius 3 is 2.19 bits per heavy atom. The number of fused-ring (bicyclic) bond motifs is 9. The van der Waals surface area contributed by atoms with E-state index in [0.717, 1.165) is 27.5 Å². The molecule has 1 N–H and O–H groups in total. The lowest BCUT2D eigenvalue weighted by Gasteiger charge is -2.43. The number of thiazole rings is 1. The first-order valence-electron chi connectivity index (χ1n) is 16.4. The molecule has 7 nitrogen and oxygen atoms in total. The van der Waals surface area contributed by atoms with Gasteiger partial charge in [0.1, 0.15) is 6.54 Å². The minimum Gasteiger partial charge on any atom is -0.325 e. The Morgan fingerprint density at radius 1 is 0.896 bits per heavy atom. The van der Waals surface area contributed by atoms with Gasteiger partial charge in [-0.2, -0.15) is 0 Å². The Balaban J connectivity index is 1.18. The van der Waals surface area contributed by atoms with Crippen molar-refractivity contribution < 1.29 is 14.4 Å². The highest BCUT2D eigenvalue weighted by Gasteiger charge is 2.69. The molecule has 2 aliphatic heterocycles. The lowest BCUT2D eigenvalue weighted by atomic mass is 9.68. The molecule has 1 saturated heterocycles. The summed E-state index contributed by atoms with van der Waals surface area (Å²) in [5.41, 5.74) is 4.61. The van der Waals surface area contributed by atoms with Crippen molar-refractivity contribution in [2.75, 3.05) is 10.2 Å². The maximum Gasteiger partial charge on any atom is 0.308 e. The van der Waals surface area contributed by atoms with E-state index in [2.05, 4.69) is 50.4 Å². The van der Waals surface area contributed by atoms with E-state index in [1.807, 2.05) is 31.2 Å². The minimum atomic E-state index is -0.380. The summed E-state index contributed by atoms with van der Waals surface area (Å²) in [7, 11) is 0. The van der Waals surface area contributed by atoms with Crippen LogP contribution in [0.1, 0.15) is 54.7 Å². The number of nitrogens with one attached hydrogen (secondary N) is 1. The van der Waals surface area contributed by atoms with E-state index in [4.69, 9.17) is 11.6 Å². The molecule has 10 heteroatoms. The van der Waals surface area contributed by atoms with Crippen molar-refractivity contribution in [3.8, 4) is 0 Å². The first kappa shape index (κ1) is 31.6. The van der Waals surface area contributed by atoms with E-state index in [1.165, 1.54) is 21.8 Å². The van der Waals surface area contributed by atoms with Gasteiger partial charge in [0.25, 0.3) is 0 Å². The third-order valence-corrected chi connectivity index (χ3v) is 13.8. The lowest BCUT2D eigenvalue weighted by Crippen LogP contribution is -2.43. The average molecular weight is 698 g/mol. The van der Waals surface area contributed by atoms with E-state index in [1.54, 1.807) is 40.6 Å². The number of thioether (sulfide) groups is 1. The van der Waals surface area contributed by atoms with Crippen molar-refractivity contribution in [1.82, 2.24) is 4.57 Å². The Hall–Kier alpha value is -3.66. The number of hydrogen-bond donors (Lipinski definition) is 1. The zero-order valence-corrected chi connectivity index (χ0v) is 29.5.